The van der Waals surface area contributed by atoms with Gasteiger partial charge in [-0.2, -0.15) is 0 Å². The number of rotatable bonds is 27. The lowest BCUT2D eigenvalue weighted by molar-refractivity contribution is -0.131. The fraction of sp³-hybridized carbons (Fsp3) is 0.820. The predicted octanol–water partition coefficient (Wildman–Crippen LogP) is 16.4. The second-order valence-electron chi connectivity index (χ2n) is 26.1. The van der Waals surface area contributed by atoms with Gasteiger partial charge in [0.15, 0.2) is 0 Å². The molecule has 5 rings (SSSR count). The van der Waals surface area contributed by atoms with Crippen LogP contribution in [0.5, 0.6) is 5.75 Å². The Bertz CT molecular complexity index is 1900. The Labute approximate surface area is 447 Å². The summed E-state index contributed by atoms with van der Waals surface area (Å²) in [5.41, 5.74) is 2.04. The average molecular weight is 1040 g/mol. The molecule has 410 valence electrons. The van der Waals surface area contributed by atoms with E-state index in [1.807, 2.05) is 99.2 Å². The Balaban J connectivity index is 1.06. The molecule has 72 heavy (non-hydrogen) atoms. The zero-order valence-corrected chi connectivity index (χ0v) is 49.6. The standard InChI is InChI=1S/C61H103N3O6S2/c1-15-46(43(2)3)24-21-44(4)51-29-30-52-50-28-25-47-41-49(31-35-60(47,12)53(50)32-36-61(51,52)13)72-71-40-33-54(65)64(39-37-59(10,11)63-56(67)70-57(5,6)7)38-20-18-16-17-19-34-58(8,9)62-55(66)69-42-45-22-26-48(68-14)27-23-45/h22-23,25-27,43-44,46,49-53H,15-21,24,28-42H2,1-14H3,(H,62,66)(H,63,67)/t44-,46-,49+,50+,51-,52+,53?,60+,61-/m1/s1. The number of alkyl carbamates (subject to hydrolysis) is 2. The molecule has 3 amide bonds. The molecular weight excluding hydrogens is 935 g/mol. The zero-order chi connectivity index (χ0) is 52.9. The number of benzene rings is 1. The highest BCUT2D eigenvalue weighted by Gasteiger charge is 2.59. The SMILES string of the molecule is CC[C@H](CC[C@@H](C)[C@H]1CC[C@H]2[C@@H]3CC=C4C[C@@H](SSCCC(=O)N(CCCCCCCC(C)(C)NC(=O)OCc5ccc(OC)cc5)CCC(C)(C)NC(=O)OC(C)(C)C)CC[C@]4(C)C3CC[C@]12C)C(C)C. The molecular formula is C61H103N3O6S2. The van der Waals surface area contributed by atoms with E-state index >= 15 is 0 Å². The fourth-order valence-electron chi connectivity index (χ4n) is 13.9. The molecule has 4 aliphatic rings. The Morgan fingerprint density at radius 3 is 2.17 bits per heavy atom. The number of hydrogen-bond donors (Lipinski definition) is 2. The van der Waals surface area contributed by atoms with Crippen LogP contribution in [0.2, 0.25) is 0 Å². The van der Waals surface area contributed by atoms with E-state index in [2.05, 4.69) is 58.3 Å². The number of fused-ring (bicyclic) bond motifs is 5. The van der Waals surface area contributed by atoms with Crippen LogP contribution in [0.4, 0.5) is 9.59 Å². The molecule has 2 N–H and O–H groups in total. The maximum absolute atomic E-state index is 14.0. The van der Waals surface area contributed by atoms with Crippen LogP contribution in [-0.2, 0) is 20.9 Å². The molecule has 3 fully saturated rings. The van der Waals surface area contributed by atoms with E-state index < -0.39 is 23.3 Å². The van der Waals surface area contributed by atoms with Crippen LogP contribution in [0.3, 0.4) is 0 Å². The third kappa shape index (κ3) is 17.5. The first-order valence-electron chi connectivity index (χ1n) is 28.7. The highest BCUT2D eigenvalue weighted by atomic mass is 33.1. The topological polar surface area (TPSA) is 106 Å². The minimum atomic E-state index is -0.580. The van der Waals surface area contributed by atoms with Crippen molar-refractivity contribution < 1.29 is 28.6 Å². The first-order valence-corrected chi connectivity index (χ1v) is 31.1. The van der Waals surface area contributed by atoms with Crippen LogP contribution >= 0.6 is 21.6 Å². The zero-order valence-electron chi connectivity index (χ0n) is 48.0. The molecule has 3 saturated carbocycles. The minimum absolute atomic E-state index is 0.202. The van der Waals surface area contributed by atoms with Gasteiger partial charge in [-0.05, 0) is 195 Å². The smallest absolute Gasteiger partial charge is 0.408 e. The highest BCUT2D eigenvalue weighted by molar-refractivity contribution is 8.76. The van der Waals surface area contributed by atoms with E-state index in [9.17, 15) is 14.4 Å². The first-order chi connectivity index (χ1) is 33.9. The first kappa shape index (κ1) is 60.3. The van der Waals surface area contributed by atoms with E-state index in [-0.39, 0.29) is 18.1 Å². The summed E-state index contributed by atoms with van der Waals surface area (Å²) in [6.07, 6.45) is 23.9. The summed E-state index contributed by atoms with van der Waals surface area (Å²) in [6.45, 7) is 30.4. The van der Waals surface area contributed by atoms with Gasteiger partial charge >= 0.3 is 12.2 Å². The monoisotopic (exact) mass is 1040 g/mol. The van der Waals surface area contributed by atoms with Crippen molar-refractivity contribution in [3.8, 4) is 5.75 Å². The molecule has 9 atom stereocenters. The van der Waals surface area contributed by atoms with Gasteiger partial charge in [0.25, 0.3) is 0 Å². The van der Waals surface area contributed by atoms with E-state index in [0.717, 1.165) is 97.0 Å². The lowest BCUT2D eigenvalue weighted by atomic mass is 9.47. The van der Waals surface area contributed by atoms with Crippen molar-refractivity contribution in [2.75, 3.05) is 26.0 Å². The summed E-state index contributed by atoms with van der Waals surface area (Å²) in [5.74, 6) is 7.77. The summed E-state index contributed by atoms with van der Waals surface area (Å²) in [5, 5.41) is 6.69. The molecule has 0 spiro atoms. The minimum Gasteiger partial charge on any atom is -0.497 e. The third-order valence-corrected chi connectivity index (χ3v) is 21.2. The molecule has 0 aliphatic heterocycles. The second-order valence-corrected chi connectivity index (χ2v) is 28.9. The number of methoxy groups -OCH3 is 1. The van der Waals surface area contributed by atoms with Crippen molar-refractivity contribution in [2.45, 2.75) is 241 Å². The summed E-state index contributed by atoms with van der Waals surface area (Å²) < 4.78 is 16.3. The highest BCUT2D eigenvalue weighted by Crippen LogP contribution is 2.68. The number of allylic oxidation sites excluding steroid dienone is 2. The molecule has 11 heteroatoms. The second kappa shape index (κ2) is 27.0. The van der Waals surface area contributed by atoms with Crippen molar-refractivity contribution >= 4 is 39.7 Å². The molecule has 9 nitrogen and oxygen atoms in total. The van der Waals surface area contributed by atoms with E-state index in [4.69, 9.17) is 14.2 Å². The number of amides is 3. The number of carbonyl (C=O) groups excluding carboxylic acids is 3. The van der Waals surface area contributed by atoms with E-state index in [1.165, 1.54) is 70.6 Å². The third-order valence-electron chi connectivity index (χ3n) is 18.3. The summed E-state index contributed by atoms with van der Waals surface area (Å²) >= 11 is 0. The fourth-order valence-corrected chi connectivity index (χ4v) is 16.5. The quantitative estimate of drug-likeness (QED) is 0.0510. The van der Waals surface area contributed by atoms with E-state index in [0.29, 0.717) is 42.0 Å². The van der Waals surface area contributed by atoms with Gasteiger partial charge in [0.1, 0.15) is 18.0 Å². The van der Waals surface area contributed by atoms with Gasteiger partial charge in [-0.15, -0.1) is 0 Å². The number of nitrogens with zero attached hydrogens (tertiary/aromatic N) is 1. The Morgan fingerprint density at radius 2 is 1.49 bits per heavy atom. The molecule has 0 bridgehead atoms. The molecule has 1 aromatic carbocycles. The van der Waals surface area contributed by atoms with E-state index in [1.54, 1.807) is 12.7 Å². The van der Waals surface area contributed by atoms with Crippen LogP contribution < -0.4 is 15.4 Å². The molecule has 0 heterocycles. The number of unbranched alkanes of at least 4 members (excludes halogenated alkanes) is 4. The van der Waals surface area contributed by atoms with Crippen LogP contribution in [0.15, 0.2) is 35.9 Å². The average Bonchev–Trinajstić information content (AvgIpc) is 3.66. The number of carbonyl (C=O) groups is 3. The number of hydrogen-bond acceptors (Lipinski definition) is 8. The van der Waals surface area contributed by atoms with Crippen molar-refractivity contribution in [3.63, 3.8) is 0 Å². The predicted molar refractivity (Wildman–Crippen MR) is 303 cm³/mol. The molecule has 4 aliphatic carbocycles. The molecule has 0 radical (unpaired) electrons. The van der Waals surface area contributed by atoms with Crippen molar-refractivity contribution in [2.24, 2.45) is 52.3 Å². The molecule has 1 unspecified atom stereocenters. The van der Waals surface area contributed by atoms with Gasteiger partial charge in [0.2, 0.25) is 5.91 Å². The maximum atomic E-state index is 14.0. The van der Waals surface area contributed by atoms with Gasteiger partial charge < -0.3 is 29.7 Å². The lowest BCUT2D eigenvalue weighted by Gasteiger charge is -2.58. The number of nitrogens with one attached hydrogen (secondary N) is 2. The normalized spacial score (nSPS) is 26.1. The van der Waals surface area contributed by atoms with Gasteiger partial charge in [-0.25, -0.2) is 9.59 Å². The largest absolute Gasteiger partial charge is 0.497 e. The van der Waals surface area contributed by atoms with Gasteiger partial charge in [-0.1, -0.05) is 125 Å². The lowest BCUT2D eigenvalue weighted by Crippen LogP contribution is -2.50. The van der Waals surface area contributed by atoms with Gasteiger partial charge in [-0.3, -0.25) is 4.79 Å². The van der Waals surface area contributed by atoms with Crippen molar-refractivity contribution in [1.82, 2.24) is 15.5 Å². The van der Waals surface area contributed by atoms with Gasteiger partial charge in [0.05, 0.1) is 7.11 Å². The Morgan fingerprint density at radius 1 is 0.806 bits per heavy atom. The van der Waals surface area contributed by atoms with Crippen molar-refractivity contribution in [1.29, 1.82) is 0 Å². The van der Waals surface area contributed by atoms with Crippen LogP contribution in [0.1, 0.15) is 218 Å². The maximum Gasteiger partial charge on any atom is 0.408 e. The van der Waals surface area contributed by atoms with Crippen LogP contribution in [0.25, 0.3) is 0 Å². The van der Waals surface area contributed by atoms with Crippen LogP contribution in [-0.4, -0.2) is 70.9 Å². The molecule has 1 aromatic rings. The summed E-state index contributed by atoms with van der Waals surface area (Å²) in [6, 6.07) is 7.51. The van der Waals surface area contributed by atoms with Crippen LogP contribution in [0, 0.1) is 52.3 Å². The summed E-state index contributed by atoms with van der Waals surface area (Å²) in [4.78, 5) is 41.3. The van der Waals surface area contributed by atoms with Crippen molar-refractivity contribution in [3.05, 3.63) is 41.5 Å². The molecule has 0 aromatic heterocycles. The van der Waals surface area contributed by atoms with Gasteiger partial charge in [0, 0.05) is 41.6 Å². The Kier molecular flexibility index (Phi) is 22.6. The molecule has 0 saturated heterocycles. The number of ether oxygens (including phenoxy) is 3. The Hall–Kier alpha value is -2.53. The summed E-state index contributed by atoms with van der Waals surface area (Å²) in [7, 11) is 5.57.